The summed E-state index contributed by atoms with van der Waals surface area (Å²) in [5.74, 6) is 0.308. The lowest BCUT2D eigenvalue weighted by molar-refractivity contribution is 0.305. The van der Waals surface area contributed by atoms with Crippen LogP contribution in [0.2, 0.25) is 5.02 Å². The molecular formula is C30H28ClFN2O. The Kier molecular flexibility index (Phi) is 6.65. The van der Waals surface area contributed by atoms with Gasteiger partial charge in [-0.25, -0.2) is 4.39 Å². The van der Waals surface area contributed by atoms with Crippen molar-refractivity contribution in [3.63, 3.8) is 0 Å². The highest BCUT2D eigenvalue weighted by Crippen LogP contribution is 2.40. The largest absolute Gasteiger partial charge is 0.487 e. The molecule has 35 heavy (non-hydrogen) atoms. The molecule has 4 aromatic carbocycles. The molecule has 0 atom stereocenters. The van der Waals surface area contributed by atoms with Crippen LogP contribution in [0.4, 0.5) is 15.8 Å². The molecule has 3 nitrogen and oxygen atoms in total. The molecule has 0 spiro atoms. The van der Waals surface area contributed by atoms with Gasteiger partial charge < -0.3 is 14.5 Å². The van der Waals surface area contributed by atoms with Crippen LogP contribution in [0.5, 0.6) is 5.75 Å². The number of anilines is 2. The van der Waals surface area contributed by atoms with Crippen molar-refractivity contribution in [1.82, 2.24) is 0 Å². The number of ether oxygens (including phenoxy) is 1. The zero-order chi connectivity index (χ0) is 24.4. The Hall–Kier alpha value is -3.50. The minimum absolute atomic E-state index is 0.00446. The Morgan fingerprint density at radius 2 is 1.40 bits per heavy atom. The Morgan fingerprint density at radius 1 is 0.800 bits per heavy atom. The summed E-state index contributed by atoms with van der Waals surface area (Å²) in [4.78, 5) is 4.83. The van der Waals surface area contributed by atoms with Gasteiger partial charge >= 0.3 is 0 Å². The minimum atomic E-state index is -0.277. The molecule has 1 aliphatic heterocycles. The summed E-state index contributed by atoms with van der Waals surface area (Å²) < 4.78 is 19.4. The van der Waals surface area contributed by atoms with E-state index in [1.54, 1.807) is 6.07 Å². The number of hydrogen-bond donors (Lipinski definition) is 0. The first-order chi connectivity index (χ1) is 17.0. The fourth-order valence-electron chi connectivity index (χ4n) is 4.58. The monoisotopic (exact) mass is 486 g/mol. The summed E-state index contributed by atoms with van der Waals surface area (Å²) in [6, 6.07) is 29.7. The van der Waals surface area contributed by atoms with Gasteiger partial charge in [-0.3, -0.25) is 0 Å². The summed E-state index contributed by atoms with van der Waals surface area (Å²) in [5.41, 5.74) is 6.68. The van der Waals surface area contributed by atoms with E-state index in [1.807, 2.05) is 18.2 Å². The van der Waals surface area contributed by atoms with Gasteiger partial charge in [0.1, 0.15) is 24.3 Å². The second-order valence-electron chi connectivity index (χ2n) is 9.04. The van der Waals surface area contributed by atoms with E-state index >= 15 is 0 Å². The molecule has 0 aromatic heterocycles. The average Bonchev–Trinajstić information content (AvgIpc) is 3.29. The number of halogens is 2. The van der Waals surface area contributed by atoms with Crippen LogP contribution in [-0.4, -0.2) is 13.1 Å². The molecule has 4 aromatic rings. The maximum atomic E-state index is 13.5. The average molecular weight is 487 g/mol. The number of nitrogens with zero attached hydrogens (tertiary/aromatic N) is 2. The minimum Gasteiger partial charge on any atom is -0.487 e. The van der Waals surface area contributed by atoms with Crippen LogP contribution >= 0.6 is 11.6 Å². The first kappa shape index (κ1) is 23.3. The second-order valence-corrected chi connectivity index (χ2v) is 9.45. The number of hydrogen-bond acceptors (Lipinski definition) is 3. The maximum Gasteiger partial charge on any atom is 0.138 e. The van der Waals surface area contributed by atoms with Crippen molar-refractivity contribution in [1.29, 1.82) is 0 Å². The van der Waals surface area contributed by atoms with Crippen molar-refractivity contribution in [2.45, 2.75) is 26.6 Å². The van der Waals surface area contributed by atoms with Crippen molar-refractivity contribution < 1.29 is 9.13 Å². The summed E-state index contributed by atoms with van der Waals surface area (Å²) in [6.07, 6.45) is -0.00446. The van der Waals surface area contributed by atoms with Gasteiger partial charge in [0.05, 0.1) is 5.02 Å². The second kappa shape index (κ2) is 10.0. The molecule has 0 saturated carbocycles. The highest BCUT2D eigenvalue weighted by atomic mass is 35.5. The fourth-order valence-corrected chi connectivity index (χ4v) is 4.83. The van der Waals surface area contributed by atoms with Crippen molar-refractivity contribution in [3.8, 4) is 5.75 Å². The molecule has 0 radical (unpaired) electrons. The van der Waals surface area contributed by atoms with Gasteiger partial charge in [0, 0.05) is 24.5 Å². The van der Waals surface area contributed by atoms with Crippen LogP contribution in [0.25, 0.3) is 0 Å². The topological polar surface area (TPSA) is 15.7 Å². The number of aryl methyl sites for hydroxylation is 2. The molecule has 1 aliphatic rings. The fraction of sp³-hybridized carbons (Fsp3) is 0.200. The Balaban J connectivity index is 1.45. The summed E-state index contributed by atoms with van der Waals surface area (Å²) in [5, 5.41) is 0.540. The SMILES string of the molecule is Cc1ccc(N2CCN(c3ccc(C)cc3)C2c2ccc(OCc3cccc(F)c3)c(Cl)c2)cc1. The normalized spacial score (nSPS) is 13.9. The lowest BCUT2D eigenvalue weighted by Gasteiger charge is -2.33. The third-order valence-electron chi connectivity index (χ3n) is 6.44. The predicted molar refractivity (Wildman–Crippen MR) is 142 cm³/mol. The van der Waals surface area contributed by atoms with E-state index in [1.165, 1.54) is 34.6 Å². The summed E-state index contributed by atoms with van der Waals surface area (Å²) in [6.45, 7) is 6.26. The van der Waals surface area contributed by atoms with Gasteiger partial charge in [0.2, 0.25) is 0 Å². The zero-order valence-electron chi connectivity index (χ0n) is 19.9. The number of benzene rings is 4. The summed E-state index contributed by atoms with van der Waals surface area (Å²) in [7, 11) is 0. The molecule has 0 aliphatic carbocycles. The lowest BCUT2D eigenvalue weighted by Crippen LogP contribution is -2.31. The molecule has 0 bridgehead atoms. The highest BCUT2D eigenvalue weighted by molar-refractivity contribution is 6.32. The Labute approximate surface area is 211 Å². The summed E-state index contributed by atoms with van der Waals surface area (Å²) >= 11 is 6.70. The van der Waals surface area contributed by atoms with E-state index < -0.39 is 0 Å². The van der Waals surface area contributed by atoms with Crippen LogP contribution < -0.4 is 14.5 Å². The quantitative estimate of drug-likeness (QED) is 0.277. The predicted octanol–water partition coefficient (Wildman–Crippen LogP) is 7.70. The van der Waals surface area contributed by atoms with Gasteiger partial charge in [-0.05, 0) is 73.5 Å². The standard InChI is InChI=1S/C30H28ClFN2O/c1-21-6-11-26(12-7-21)33-16-17-34(27-13-8-22(2)9-14-27)30(33)24-10-15-29(28(31)19-24)35-20-23-4-3-5-25(32)18-23/h3-15,18-19,30H,16-17,20H2,1-2H3. The molecule has 1 saturated heterocycles. The molecule has 5 rings (SSSR count). The van der Waals surface area contributed by atoms with Crippen LogP contribution in [-0.2, 0) is 6.61 Å². The molecule has 5 heteroatoms. The van der Waals surface area contributed by atoms with Crippen LogP contribution in [0.3, 0.4) is 0 Å². The van der Waals surface area contributed by atoms with Gasteiger partial charge in [0.25, 0.3) is 0 Å². The maximum absolute atomic E-state index is 13.5. The molecule has 0 amide bonds. The third kappa shape index (κ3) is 5.13. The van der Waals surface area contributed by atoms with E-state index in [2.05, 4.69) is 78.2 Å². The van der Waals surface area contributed by atoms with Gasteiger partial charge in [-0.15, -0.1) is 0 Å². The van der Waals surface area contributed by atoms with Gasteiger partial charge in [-0.1, -0.05) is 65.2 Å². The molecule has 0 unspecified atom stereocenters. The molecule has 178 valence electrons. The van der Waals surface area contributed by atoms with E-state index in [-0.39, 0.29) is 18.6 Å². The van der Waals surface area contributed by atoms with Crippen molar-refractivity contribution in [2.75, 3.05) is 22.9 Å². The molecule has 1 fully saturated rings. The highest BCUT2D eigenvalue weighted by Gasteiger charge is 2.34. The molecule has 0 N–H and O–H groups in total. The van der Waals surface area contributed by atoms with E-state index in [0.29, 0.717) is 10.8 Å². The molecular weight excluding hydrogens is 459 g/mol. The lowest BCUT2D eigenvalue weighted by atomic mass is 10.1. The first-order valence-corrected chi connectivity index (χ1v) is 12.2. The van der Waals surface area contributed by atoms with Gasteiger partial charge in [0.15, 0.2) is 0 Å². The molecule has 1 heterocycles. The van der Waals surface area contributed by atoms with E-state index in [0.717, 1.165) is 24.2 Å². The smallest absolute Gasteiger partial charge is 0.138 e. The van der Waals surface area contributed by atoms with E-state index in [4.69, 9.17) is 16.3 Å². The van der Waals surface area contributed by atoms with Crippen molar-refractivity contribution in [2.24, 2.45) is 0 Å². The van der Waals surface area contributed by atoms with E-state index in [9.17, 15) is 4.39 Å². The van der Waals surface area contributed by atoms with Crippen LogP contribution in [0, 0.1) is 19.7 Å². The van der Waals surface area contributed by atoms with Crippen LogP contribution in [0.15, 0.2) is 91.0 Å². The Bertz CT molecular complexity index is 1250. The van der Waals surface area contributed by atoms with Crippen molar-refractivity contribution >= 4 is 23.0 Å². The van der Waals surface area contributed by atoms with Gasteiger partial charge in [-0.2, -0.15) is 0 Å². The number of rotatable bonds is 6. The first-order valence-electron chi connectivity index (χ1n) is 11.8. The van der Waals surface area contributed by atoms with Crippen molar-refractivity contribution in [3.05, 3.63) is 124 Å². The third-order valence-corrected chi connectivity index (χ3v) is 6.74. The zero-order valence-corrected chi connectivity index (χ0v) is 20.7. The Morgan fingerprint density at radius 3 is 1.94 bits per heavy atom. The van der Waals surface area contributed by atoms with Crippen LogP contribution in [0.1, 0.15) is 28.4 Å².